The van der Waals surface area contributed by atoms with Crippen LogP contribution in [0.3, 0.4) is 0 Å². The highest BCUT2D eigenvalue weighted by Gasteiger charge is 2.23. The van der Waals surface area contributed by atoms with Crippen molar-refractivity contribution in [3.05, 3.63) is 58.9 Å². The zero-order valence-electron chi connectivity index (χ0n) is 13.2. The third-order valence-electron chi connectivity index (χ3n) is 4.26. The van der Waals surface area contributed by atoms with Crippen molar-refractivity contribution in [3.8, 4) is 5.75 Å². The van der Waals surface area contributed by atoms with Gasteiger partial charge >= 0.3 is 0 Å². The Balaban J connectivity index is 1.49. The molecule has 0 atom stereocenters. The van der Waals surface area contributed by atoms with Crippen molar-refractivity contribution in [2.45, 2.75) is 18.9 Å². The summed E-state index contributed by atoms with van der Waals surface area (Å²) in [6, 6.07) is 10.3. The van der Waals surface area contributed by atoms with E-state index in [1.165, 1.54) is 12.1 Å². The molecule has 1 amide bonds. The Morgan fingerprint density at radius 2 is 1.92 bits per heavy atom. The third-order valence-corrected chi connectivity index (χ3v) is 4.26. The summed E-state index contributed by atoms with van der Waals surface area (Å²) < 4.78 is 7.59. The van der Waals surface area contributed by atoms with Crippen LogP contribution >= 0.6 is 0 Å². The number of ether oxygens (including phenoxy) is 1. The minimum atomic E-state index is -0.485. The van der Waals surface area contributed by atoms with Crippen molar-refractivity contribution in [1.29, 1.82) is 0 Å². The van der Waals surface area contributed by atoms with E-state index in [1.54, 1.807) is 17.0 Å². The predicted octanol–water partition coefficient (Wildman–Crippen LogP) is 2.64. The van der Waals surface area contributed by atoms with Crippen LogP contribution in [-0.4, -0.2) is 40.0 Å². The fourth-order valence-corrected chi connectivity index (χ4v) is 2.93. The van der Waals surface area contributed by atoms with Crippen molar-refractivity contribution < 1.29 is 14.5 Å². The molecule has 0 unspecified atom stereocenters. The summed E-state index contributed by atoms with van der Waals surface area (Å²) in [5, 5.41) is 10.7. The van der Waals surface area contributed by atoms with Crippen molar-refractivity contribution in [3.63, 3.8) is 0 Å². The first-order chi connectivity index (χ1) is 11.6. The minimum Gasteiger partial charge on any atom is -0.484 e. The van der Waals surface area contributed by atoms with Gasteiger partial charge in [-0.25, -0.2) is 0 Å². The standard InChI is InChI=1S/C17H19N3O4/c21-17(13-24-16-5-3-4-15(12-16)20(22)23)19-10-6-14(7-11-19)18-8-1-2-9-18/h1-5,8-9,12,14H,6-7,10-11,13H2. The number of non-ortho nitro benzene ring substituents is 1. The summed E-state index contributed by atoms with van der Waals surface area (Å²) >= 11 is 0. The second-order valence-corrected chi connectivity index (χ2v) is 5.79. The molecule has 126 valence electrons. The summed E-state index contributed by atoms with van der Waals surface area (Å²) in [6.07, 6.45) is 5.93. The minimum absolute atomic E-state index is 0.0486. The monoisotopic (exact) mass is 329 g/mol. The molecule has 0 spiro atoms. The molecule has 24 heavy (non-hydrogen) atoms. The summed E-state index contributed by atoms with van der Waals surface area (Å²) in [4.78, 5) is 24.3. The fourth-order valence-electron chi connectivity index (χ4n) is 2.93. The highest BCUT2D eigenvalue weighted by molar-refractivity contribution is 5.77. The lowest BCUT2D eigenvalue weighted by atomic mass is 10.1. The van der Waals surface area contributed by atoms with E-state index in [9.17, 15) is 14.9 Å². The summed E-state index contributed by atoms with van der Waals surface area (Å²) in [5.41, 5.74) is -0.0486. The molecule has 0 aliphatic carbocycles. The molecule has 3 rings (SSSR count). The van der Waals surface area contributed by atoms with Gasteiger partial charge in [0.1, 0.15) is 5.75 Å². The largest absolute Gasteiger partial charge is 0.484 e. The Kier molecular flexibility index (Phi) is 4.79. The van der Waals surface area contributed by atoms with E-state index in [-0.39, 0.29) is 18.2 Å². The van der Waals surface area contributed by atoms with E-state index in [2.05, 4.69) is 4.57 Å². The molecule has 1 saturated heterocycles. The quantitative estimate of drug-likeness (QED) is 0.624. The third kappa shape index (κ3) is 3.73. The summed E-state index contributed by atoms with van der Waals surface area (Å²) in [5.74, 6) is 0.243. The Bertz CT molecular complexity index is 706. The maximum atomic E-state index is 12.2. The van der Waals surface area contributed by atoms with Crippen LogP contribution in [0.25, 0.3) is 0 Å². The number of nitro groups is 1. The molecule has 1 aliphatic rings. The Hall–Kier alpha value is -2.83. The number of aromatic nitrogens is 1. The van der Waals surface area contributed by atoms with Gasteiger partial charge in [0.15, 0.2) is 6.61 Å². The summed E-state index contributed by atoms with van der Waals surface area (Å²) in [7, 11) is 0. The van der Waals surface area contributed by atoms with Crippen molar-refractivity contribution >= 4 is 11.6 Å². The number of nitro benzene ring substituents is 1. The van der Waals surface area contributed by atoms with Crippen LogP contribution in [0.15, 0.2) is 48.8 Å². The van der Waals surface area contributed by atoms with E-state index < -0.39 is 4.92 Å². The molecule has 2 heterocycles. The van der Waals surface area contributed by atoms with Crippen LogP contribution in [0.2, 0.25) is 0 Å². The Labute approximate surface area is 139 Å². The van der Waals surface area contributed by atoms with Crippen molar-refractivity contribution in [2.75, 3.05) is 19.7 Å². The van der Waals surface area contributed by atoms with Gasteiger partial charge in [-0.2, -0.15) is 0 Å². The molecule has 0 N–H and O–H groups in total. The first kappa shape index (κ1) is 16.0. The molecular weight excluding hydrogens is 310 g/mol. The molecule has 0 saturated carbocycles. The van der Waals surface area contributed by atoms with Crippen LogP contribution in [-0.2, 0) is 4.79 Å². The van der Waals surface area contributed by atoms with E-state index in [0.717, 1.165) is 12.8 Å². The van der Waals surface area contributed by atoms with Gasteiger partial charge in [-0.1, -0.05) is 6.07 Å². The lowest BCUT2D eigenvalue weighted by molar-refractivity contribution is -0.384. The number of piperidine rings is 1. The number of hydrogen-bond donors (Lipinski definition) is 0. The van der Waals surface area contributed by atoms with Crippen molar-refractivity contribution in [2.24, 2.45) is 0 Å². The fraction of sp³-hybridized carbons (Fsp3) is 0.353. The molecule has 7 nitrogen and oxygen atoms in total. The molecule has 1 aromatic heterocycles. The van der Waals surface area contributed by atoms with Gasteiger partial charge < -0.3 is 14.2 Å². The van der Waals surface area contributed by atoms with Gasteiger partial charge in [0, 0.05) is 37.6 Å². The lowest BCUT2D eigenvalue weighted by Gasteiger charge is -2.32. The lowest BCUT2D eigenvalue weighted by Crippen LogP contribution is -2.41. The number of hydrogen-bond acceptors (Lipinski definition) is 4. The number of benzene rings is 1. The molecule has 1 fully saturated rings. The molecule has 0 radical (unpaired) electrons. The topological polar surface area (TPSA) is 77.6 Å². The number of nitrogens with zero attached hydrogens (tertiary/aromatic N) is 3. The van der Waals surface area contributed by atoms with Crippen LogP contribution in [0, 0.1) is 10.1 Å². The highest BCUT2D eigenvalue weighted by Crippen LogP contribution is 2.23. The van der Waals surface area contributed by atoms with E-state index in [0.29, 0.717) is 24.9 Å². The first-order valence-corrected chi connectivity index (χ1v) is 7.91. The van der Waals surface area contributed by atoms with Gasteiger partial charge in [-0.3, -0.25) is 14.9 Å². The Morgan fingerprint density at radius 1 is 1.21 bits per heavy atom. The average Bonchev–Trinajstić information content (AvgIpc) is 3.14. The number of likely N-dealkylation sites (tertiary alicyclic amines) is 1. The predicted molar refractivity (Wildman–Crippen MR) is 87.9 cm³/mol. The molecule has 1 aromatic carbocycles. The Morgan fingerprint density at radius 3 is 2.58 bits per heavy atom. The molecule has 0 bridgehead atoms. The van der Waals surface area contributed by atoms with Crippen LogP contribution < -0.4 is 4.74 Å². The van der Waals surface area contributed by atoms with E-state index in [1.807, 2.05) is 24.5 Å². The SMILES string of the molecule is O=C(COc1cccc([N+](=O)[O-])c1)N1CCC(n2cccc2)CC1. The van der Waals surface area contributed by atoms with Gasteiger partial charge in [0.05, 0.1) is 11.0 Å². The smallest absolute Gasteiger partial charge is 0.273 e. The second-order valence-electron chi connectivity index (χ2n) is 5.79. The number of rotatable bonds is 5. The summed E-state index contributed by atoms with van der Waals surface area (Å²) in [6.45, 7) is 1.29. The second kappa shape index (κ2) is 7.16. The van der Waals surface area contributed by atoms with Crippen LogP contribution in [0.5, 0.6) is 5.75 Å². The highest BCUT2D eigenvalue weighted by atomic mass is 16.6. The van der Waals surface area contributed by atoms with Gasteiger partial charge in [0.2, 0.25) is 0 Å². The van der Waals surface area contributed by atoms with Crippen LogP contribution in [0.1, 0.15) is 18.9 Å². The number of carbonyl (C=O) groups is 1. The maximum Gasteiger partial charge on any atom is 0.273 e. The molecule has 7 heteroatoms. The zero-order valence-corrected chi connectivity index (χ0v) is 13.2. The van der Waals surface area contributed by atoms with Crippen molar-refractivity contribution in [1.82, 2.24) is 9.47 Å². The zero-order chi connectivity index (χ0) is 16.9. The normalized spacial score (nSPS) is 15.2. The molecule has 1 aliphatic heterocycles. The van der Waals surface area contributed by atoms with Gasteiger partial charge in [-0.15, -0.1) is 0 Å². The van der Waals surface area contributed by atoms with E-state index in [4.69, 9.17) is 4.74 Å². The first-order valence-electron chi connectivity index (χ1n) is 7.91. The maximum absolute atomic E-state index is 12.2. The van der Waals surface area contributed by atoms with E-state index >= 15 is 0 Å². The van der Waals surface area contributed by atoms with Gasteiger partial charge in [-0.05, 0) is 31.0 Å². The molecule has 2 aromatic rings. The molecular formula is C17H19N3O4. The number of carbonyl (C=O) groups excluding carboxylic acids is 1. The average molecular weight is 329 g/mol. The number of amides is 1. The van der Waals surface area contributed by atoms with Gasteiger partial charge in [0.25, 0.3) is 11.6 Å². The van der Waals surface area contributed by atoms with Crippen LogP contribution in [0.4, 0.5) is 5.69 Å².